The number of hydrogen-bond acceptors (Lipinski definition) is 2. The standard InChI is InChI=1S/C9H9F2NO2/c1-4-6(10)3-5(9(12)13)8(14-2)7(4)11/h3H,1-2H3,(H2,12,13). The first-order valence-corrected chi connectivity index (χ1v) is 3.81. The fraction of sp³-hybridized carbons (Fsp3) is 0.222. The monoisotopic (exact) mass is 201 g/mol. The van der Waals surface area contributed by atoms with Crippen molar-refractivity contribution in [2.24, 2.45) is 5.73 Å². The SMILES string of the molecule is COc1c(C(N)=O)cc(F)c(C)c1F. The zero-order chi connectivity index (χ0) is 10.9. The molecule has 0 bridgehead atoms. The molecule has 1 aromatic rings. The fourth-order valence-electron chi connectivity index (χ4n) is 1.08. The molecule has 0 saturated carbocycles. The first-order chi connectivity index (χ1) is 6.49. The van der Waals surface area contributed by atoms with Gasteiger partial charge in [0, 0.05) is 5.56 Å². The highest BCUT2D eigenvalue weighted by Gasteiger charge is 2.19. The highest BCUT2D eigenvalue weighted by molar-refractivity contribution is 5.95. The topological polar surface area (TPSA) is 52.3 Å². The van der Waals surface area contributed by atoms with Gasteiger partial charge in [-0.2, -0.15) is 0 Å². The van der Waals surface area contributed by atoms with E-state index in [1.807, 2.05) is 0 Å². The molecule has 1 rings (SSSR count). The highest BCUT2D eigenvalue weighted by Crippen LogP contribution is 2.26. The minimum absolute atomic E-state index is 0.202. The van der Waals surface area contributed by atoms with Crippen LogP contribution in [0.15, 0.2) is 6.07 Å². The Balaban J connectivity index is 3.51. The van der Waals surface area contributed by atoms with Crippen LogP contribution in [-0.4, -0.2) is 13.0 Å². The van der Waals surface area contributed by atoms with E-state index in [4.69, 9.17) is 5.73 Å². The van der Waals surface area contributed by atoms with Gasteiger partial charge in [0.15, 0.2) is 11.6 Å². The minimum Gasteiger partial charge on any atom is -0.493 e. The van der Waals surface area contributed by atoms with E-state index in [0.717, 1.165) is 6.07 Å². The van der Waals surface area contributed by atoms with Crippen LogP contribution in [0.1, 0.15) is 15.9 Å². The van der Waals surface area contributed by atoms with Crippen molar-refractivity contribution in [3.63, 3.8) is 0 Å². The van der Waals surface area contributed by atoms with Gasteiger partial charge in [-0.3, -0.25) is 4.79 Å². The van der Waals surface area contributed by atoms with Crippen LogP contribution in [0.3, 0.4) is 0 Å². The van der Waals surface area contributed by atoms with Crippen LogP contribution < -0.4 is 10.5 Å². The minimum atomic E-state index is -0.931. The van der Waals surface area contributed by atoms with E-state index in [1.54, 1.807) is 0 Å². The van der Waals surface area contributed by atoms with Gasteiger partial charge in [-0.1, -0.05) is 0 Å². The number of carbonyl (C=O) groups excluding carboxylic acids is 1. The van der Waals surface area contributed by atoms with E-state index in [2.05, 4.69) is 4.74 Å². The summed E-state index contributed by atoms with van der Waals surface area (Å²) in [6, 6.07) is 0.861. The summed E-state index contributed by atoms with van der Waals surface area (Å²) in [4.78, 5) is 10.8. The van der Waals surface area contributed by atoms with E-state index in [0.29, 0.717) is 0 Å². The molecule has 0 saturated heterocycles. The van der Waals surface area contributed by atoms with Gasteiger partial charge in [-0.05, 0) is 13.0 Å². The van der Waals surface area contributed by atoms with Gasteiger partial charge in [0.2, 0.25) is 0 Å². The molecule has 0 aromatic heterocycles. The Bertz CT molecular complexity index is 391. The summed E-state index contributed by atoms with van der Waals surface area (Å²) < 4.78 is 31.0. The number of methoxy groups -OCH3 is 1. The van der Waals surface area contributed by atoms with Crippen LogP contribution in [0.2, 0.25) is 0 Å². The molecule has 0 radical (unpaired) electrons. The molecule has 0 unspecified atom stereocenters. The number of carbonyl (C=O) groups is 1. The molecule has 0 aliphatic carbocycles. The Kier molecular flexibility index (Phi) is 2.69. The summed E-state index contributed by atoms with van der Waals surface area (Å²) in [5, 5.41) is 0. The van der Waals surface area contributed by atoms with Crippen molar-refractivity contribution in [3.05, 3.63) is 28.8 Å². The third kappa shape index (κ3) is 1.53. The van der Waals surface area contributed by atoms with Crippen LogP contribution in [0.25, 0.3) is 0 Å². The van der Waals surface area contributed by atoms with E-state index in [9.17, 15) is 13.6 Å². The van der Waals surface area contributed by atoms with Gasteiger partial charge in [-0.15, -0.1) is 0 Å². The molecule has 0 aliphatic rings. The molecular weight excluding hydrogens is 192 g/mol. The smallest absolute Gasteiger partial charge is 0.252 e. The molecule has 1 amide bonds. The molecule has 2 N–H and O–H groups in total. The highest BCUT2D eigenvalue weighted by atomic mass is 19.1. The van der Waals surface area contributed by atoms with Gasteiger partial charge in [0.05, 0.1) is 12.7 Å². The molecule has 5 heteroatoms. The lowest BCUT2D eigenvalue weighted by molar-refractivity contribution is 0.0996. The van der Waals surface area contributed by atoms with Gasteiger partial charge >= 0.3 is 0 Å². The van der Waals surface area contributed by atoms with Crippen molar-refractivity contribution in [3.8, 4) is 5.75 Å². The van der Waals surface area contributed by atoms with Crippen molar-refractivity contribution in [1.29, 1.82) is 0 Å². The maximum absolute atomic E-state index is 13.3. The largest absolute Gasteiger partial charge is 0.493 e. The first kappa shape index (κ1) is 10.4. The summed E-state index contributed by atoms with van der Waals surface area (Å²) in [5.74, 6) is -2.98. The molecule has 0 heterocycles. The first-order valence-electron chi connectivity index (χ1n) is 3.81. The van der Waals surface area contributed by atoms with Gasteiger partial charge < -0.3 is 10.5 Å². The van der Waals surface area contributed by atoms with Crippen LogP contribution in [0.5, 0.6) is 5.75 Å². The number of hydrogen-bond donors (Lipinski definition) is 1. The maximum atomic E-state index is 13.3. The van der Waals surface area contributed by atoms with Crippen molar-refractivity contribution >= 4 is 5.91 Å². The number of ether oxygens (including phenoxy) is 1. The van der Waals surface area contributed by atoms with Gasteiger partial charge in [0.1, 0.15) is 5.82 Å². The van der Waals surface area contributed by atoms with E-state index in [1.165, 1.54) is 14.0 Å². The van der Waals surface area contributed by atoms with Crippen molar-refractivity contribution in [1.82, 2.24) is 0 Å². The second-order valence-corrected chi connectivity index (χ2v) is 2.74. The third-order valence-corrected chi connectivity index (χ3v) is 1.87. The van der Waals surface area contributed by atoms with Crippen LogP contribution in [0.4, 0.5) is 8.78 Å². The lowest BCUT2D eigenvalue weighted by atomic mass is 10.1. The van der Waals surface area contributed by atoms with Crippen LogP contribution >= 0.6 is 0 Å². The summed E-state index contributed by atoms with van der Waals surface area (Å²) in [6.07, 6.45) is 0. The van der Waals surface area contributed by atoms with E-state index < -0.39 is 17.5 Å². The second-order valence-electron chi connectivity index (χ2n) is 2.74. The van der Waals surface area contributed by atoms with E-state index >= 15 is 0 Å². The number of benzene rings is 1. The van der Waals surface area contributed by atoms with E-state index in [-0.39, 0.29) is 16.9 Å². The average Bonchev–Trinajstić information content (AvgIpc) is 2.13. The molecular formula is C9H9F2NO2. The number of rotatable bonds is 2. The lowest BCUT2D eigenvalue weighted by Gasteiger charge is -2.09. The molecule has 14 heavy (non-hydrogen) atoms. The summed E-state index contributed by atoms with van der Waals surface area (Å²) in [6.45, 7) is 1.25. The van der Waals surface area contributed by atoms with Crippen LogP contribution in [-0.2, 0) is 0 Å². The number of nitrogens with two attached hydrogens (primary N) is 1. The Hall–Kier alpha value is -1.65. The van der Waals surface area contributed by atoms with Gasteiger partial charge in [-0.25, -0.2) is 8.78 Å². The third-order valence-electron chi connectivity index (χ3n) is 1.87. The fourth-order valence-corrected chi connectivity index (χ4v) is 1.08. The number of halogens is 2. The molecule has 0 fully saturated rings. The van der Waals surface area contributed by atoms with Crippen LogP contribution in [0, 0.1) is 18.6 Å². The lowest BCUT2D eigenvalue weighted by Crippen LogP contribution is -2.14. The van der Waals surface area contributed by atoms with Crippen molar-refractivity contribution in [2.45, 2.75) is 6.92 Å². The van der Waals surface area contributed by atoms with Gasteiger partial charge in [0.25, 0.3) is 5.91 Å². The zero-order valence-corrected chi connectivity index (χ0v) is 7.73. The second kappa shape index (κ2) is 3.61. The molecule has 1 aromatic carbocycles. The molecule has 3 nitrogen and oxygen atoms in total. The molecule has 76 valence electrons. The molecule has 0 aliphatic heterocycles. The average molecular weight is 201 g/mol. The Labute approximate surface area is 79.5 Å². The normalized spacial score (nSPS) is 10.0. The van der Waals surface area contributed by atoms with Crippen molar-refractivity contribution < 1.29 is 18.3 Å². The Morgan fingerprint density at radius 3 is 2.50 bits per heavy atom. The molecule has 0 spiro atoms. The maximum Gasteiger partial charge on any atom is 0.252 e. The Morgan fingerprint density at radius 2 is 2.07 bits per heavy atom. The predicted octanol–water partition coefficient (Wildman–Crippen LogP) is 1.38. The predicted molar refractivity (Wildman–Crippen MR) is 46.2 cm³/mol. The zero-order valence-electron chi connectivity index (χ0n) is 7.73. The summed E-state index contributed by atoms with van der Waals surface area (Å²) in [7, 11) is 1.18. The number of amides is 1. The quantitative estimate of drug-likeness (QED) is 0.785. The number of primary amides is 1. The Morgan fingerprint density at radius 1 is 1.50 bits per heavy atom. The summed E-state index contributed by atoms with van der Waals surface area (Å²) >= 11 is 0. The summed E-state index contributed by atoms with van der Waals surface area (Å²) in [5.41, 5.74) is 4.43. The molecule has 0 atom stereocenters. The van der Waals surface area contributed by atoms with Crippen molar-refractivity contribution in [2.75, 3.05) is 7.11 Å².